The molecule has 0 spiro atoms. The molecule has 4 aromatic rings. The maximum atomic E-state index is 13.1. The van der Waals surface area contributed by atoms with Crippen molar-refractivity contribution in [1.29, 1.82) is 0 Å². The van der Waals surface area contributed by atoms with Crippen molar-refractivity contribution in [2.24, 2.45) is 7.05 Å². The maximum Gasteiger partial charge on any atom is 0.414 e. The van der Waals surface area contributed by atoms with Crippen LogP contribution in [0.15, 0.2) is 65.5 Å². The molecule has 3 aromatic heterocycles. The highest BCUT2D eigenvalue weighted by molar-refractivity contribution is 6.06. The first kappa shape index (κ1) is 31.0. The van der Waals surface area contributed by atoms with E-state index in [1.165, 1.54) is 27.9 Å². The first-order chi connectivity index (χ1) is 21.6. The van der Waals surface area contributed by atoms with Crippen LogP contribution in [-0.2, 0) is 18.4 Å². The number of ether oxygens (including phenoxy) is 2. The number of pyridine rings is 1. The lowest BCUT2D eigenvalue weighted by Crippen LogP contribution is -2.35. The zero-order valence-electron chi connectivity index (χ0n) is 23.8. The molecule has 1 aliphatic rings. The second-order valence-corrected chi connectivity index (χ2v) is 9.73. The molecule has 4 amide bonds. The van der Waals surface area contributed by atoms with Crippen LogP contribution in [0.4, 0.5) is 34.3 Å². The van der Waals surface area contributed by atoms with Gasteiger partial charge in [-0.15, -0.1) is 0 Å². The van der Waals surface area contributed by atoms with Gasteiger partial charge in [0.05, 0.1) is 19.4 Å². The number of benzene rings is 1. The Morgan fingerprint density at radius 1 is 1.13 bits per heavy atom. The fourth-order valence-electron chi connectivity index (χ4n) is 4.29. The number of aromatic nitrogens is 4. The predicted molar refractivity (Wildman–Crippen MR) is 151 cm³/mol. The normalized spacial score (nSPS) is 13.3. The average Bonchev–Trinajstić information content (AvgIpc) is 3.73. The van der Waals surface area contributed by atoms with Crippen molar-refractivity contribution in [3.8, 4) is 17.3 Å². The first-order valence-corrected chi connectivity index (χ1v) is 13.5. The second-order valence-electron chi connectivity index (χ2n) is 9.73. The Bertz CT molecular complexity index is 1660. The third-order valence-electron chi connectivity index (χ3n) is 6.37. The molecule has 0 radical (unpaired) electrons. The maximum absolute atomic E-state index is 13.1. The van der Waals surface area contributed by atoms with Crippen LogP contribution in [-0.4, -0.2) is 81.6 Å². The highest BCUT2D eigenvalue weighted by Gasteiger charge is 2.33. The molecule has 0 bridgehead atoms. The molecule has 0 atom stereocenters. The fraction of sp³-hybridized carbons (Fsp3) is 0.286. The van der Waals surface area contributed by atoms with Crippen molar-refractivity contribution in [3.63, 3.8) is 0 Å². The molecule has 236 valence electrons. The third-order valence-corrected chi connectivity index (χ3v) is 6.37. The summed E-state index contributed by atoms with van der Waals surface area (Å²) >= 11 is 0. The third kappa shape index (κ3) is 8.14. The average molecular weight is 629 g/mol. The molecule has 14 nitrogen and oxygen atoms in total. The molecule has 1 aromatic carbocycles. The fourth-order valence-corrected chi connectivity index (χ4v) is 4.29. The number of carbonyl (C=O) groups is 3. The molecule has 0 aliphatic carbocycles. The first-order valence-electron chi connectivity index (χ1n) is 13.5. The van der Waals surface area contributed by atoms with Crippen LogP contribution in [0.3, 0.4) is 0 Å². The van der Waals surface area contributed by atoms with Crippen LogP contribution in [0.5, 0.6) is 5.88 Å². The van der Waals surface area contributed by atoms with E-state index in [9.17, 15) is 27.6 Å². The van der Waals surface area contributed by atoms with Crippen molar-refractivity contribution in [3.05, 3.63) is 72.4 Å². The highest BCUT2D eigenvalue weighted by atomic mass is 19.4. The summed E-state index contributed by atoms with van der Waals surface area (Å²) < 4.78 is 54.3. The Morgan fingerprint density at radius 2 is 1.93 bits per heavy atom. The molecule has 2 N–H and O–H groups in total. The van der Waals surface area contributed by atoms with E-state index >= 15 is 0 Å². The molecule has 0 unspecified atom stereocenters. The Morgan fingerprint density at radius 3 is 2.71 bits per heavy atom. The number of alkyl halides is 3. The van der Waals surface area contributed by atoms with Gasteiger partial charge in [-0.2, -0.15) is 18.3 Å². The minimum Gasteiger partial charge on any atom is -0.444 e. The Hall–Kier alpha value is -5.45. The van der Waals surface area contributed by atoms with Gasteiger partial charge in [0.25, 0.3) is 5.91 Å². The van der Waals surface area contributed by atoms with Gasteiger partial charge in [0.2, 0.25) is 11.8 Å². The van der Waals surface area contributed by atoms with Crippen LogP contribution in [0.1, 0.15) is 16.1 Å². The van der Waals surface area contributed by atoms with Crippen molar-refractivity contribution in [2.75, 3.05) is 43.0 Å². The quantitative estimate of drug-likeness (QED) is 0.236. The highest BCUT2D eigenvalue weighted by Crippen LogP contribution is 2.28. The summed E-state index contributed by atoms with van der Waals surface area (Å²) in [5.74, 6) is -0.765. The van der Waals surface area contributed by atoms with E-state index in [0.29, 0.717) is 32.8 Å². The summed E-state index contributed by atoms with van der Waals surface area (Å²) in [5, 5.41) is 8.62. The van der Waals surface area contributed by atoms with Crippen molar-refractivity contribution < 1.29 is 41.4 Å². The van der Waals surface area contributed by atoms with E-state index in [2.05, 4.69) is 20.4 Å². The molecule has 17 heteroatoms. The van der Waals surface area contributed by atoms with E-state index in [1.54, 1.807) is 23.5 Å². The lowest BCUT2D eigenvalue weighted by Gasteiger charge is -2.18. The minimum absolute atomic E-state index is 0.0469. The molecule has 4 heterocycles. The second kappa shape index (κ2) is 13.5. The number of halogens is 3. The van der Waals surface area contributed by atoms with Gasteiger partial charge in [0.15, 0.2) is 11.5 Å². The summed E-state index contributed by atoms with van der Waals surface area (Å²) in [7, 11) is 1.65. The van der Waals surface area contributed by atoms with Gasteiger partial charge in [-0.05, 0) is 11.6 Å². The standard InChI is InChI=1S/C28H27F3N8O6/c1-37-14-20(23(36-37)39-10-9-38(27(39)42)11-12-43-15-18-5-3-2-4-6-18)34-24(40)21-16-44-25(35-21)19-7-8-32-22(13-19)45-26(41)33-17-28(29,30)31/h2-8,13-14,16H,9-12,15,17H2,1H3,(H,33,41)(H,34,40). The number of hydrogen-bond donors (Lipinski definition) is 2. The van der Waals surface area contributed by atoms with Crippen LogP contribution < -0.4 is 20.3 Å². The number of rotatable bonds is 11. The van der Waals surface area contributed by atoms with Gasteiger partial charge in [-0.1, -0.05) is 30.3 Å². The molecule has 1 aliphatic heterocycles. The Kier molecular flexibility index (Phi) is 9.27. The largest absolute Gasteiger partial charge is 0.444 e. The van der Waals surface area contributed by atoms with Crippen LogP contribution in [0, 0.1) is 0 Å². The van der Waals surface area contributed by atoms with Crippen molar-refractivity contribution >= 4 is 29.5 Å². The summed E-state index contributed by atoms with van der Waals surface area (Å²) in [6.45, 7) is 0.406. The summed E-state index contributed by atoms with van der Waals surface area (Å²) in [5.41, 5.74) is 1.42. The zero-order valence-corrected chi connectivity index (χ0v) is 23.8. The number of anilines is 2. The lowest BCUT2D eigenvalue weighted by molar-refractivity contribution is -0.123. The number of carbonyl (C=O) groups excluding carboxylic acids is 3. The van der Waals surface area contributed by atoms with Crippen molar-refractivity contribution in [1.82, 2.24) is 30.0 Å². The Balaban J connectivity index is 1.18. The number of urea groups is 1. The number of nitrogens with zero attached hydrogens (tertiary/aromatic N) is 6. The van der Waals surface area contributed by atoms with E-state index in [4.69, 9.17) is 13.9 Å². The molecule has 1 fully saturated rings. The van der Waals surface area contributed by atoms with Crippen LogP contribution in [0.2, 0.25) is 0 Å². The van der Waals surface area contributed by atoms with Crippen LogP contribution in [0.25, 0.3) is 11.5 Å². The molecule has 1 saturated heterocycles. The van der Waals surface area contributed by atoms with E-state index in [1.807, 2.05) is 30.3 Å². The molecular formula is C28H27F3N8O6. The van der Waals surface area contributed by atoms with Crippen LogP contribution >= 0.6 is 0 Å². The van der Waals surface area contributed by atoms with E-state index in [0.717, 1.165) is 11.8 Å². The number of nitrogens with one attached hydrogen (secondary N) is 2. The van der Waals surface area contributed by atoms with Gasteiger partial charge in [-0.25, -0.2) is 19.6 Å². The minimum atomic E-state index is -4.61. The molecule has 0 saturated carbocycles. The van der Waals surface area contributed by atoms with E-state index < -0.39 is 24.7 Å². The molecular weight excluding hydrogens is 601 g/mol. The number of hydrogen-bond acceptors (Lipinski definition) is 9. The lowest BCUT2D eigenvalue weighted by atomic mass is 10.2. The van der Waals surface area contributed by atoms with Gasteiger partial charge in [0.1, 0.15) is 18.5 Å². The zero-order chi connectivity index (χ0) is 32.0. The summed E-state index contributed by atoms with van der Waals surface area (Å²) in [6.07, 6.45) is -2.10. The number of aryl methyl sites for hydroxylation is 1. The predicted octanol–water partition coefficient (Wildman–Crippen LogP) is 3.83. The van der Waals surface area contributed by atoms with Crippen molar-refractivity contribution in [2.45, 2.75) is 12.8 Å². The number of amides is 4. The summed E-state index contributed by atoms with van der Waals surface area (Å²) in [6, 6.07) is 12.1. The number of oxazole rings is 1. The topological polar surface area (TPSA) is 157 Å². The smallest absolute Gasteiger partial charge is 0.414 e. The van der Waals surface area contributed by atoms with Gasteiger partial charge >= 0.3 is 18.3 Å². The SMILES string of the molecule is Cn1cc(NC(=O)c2coc(-c3ccnc(OC(=O)NCC(F)(F)F)c3)n2)c(N2CCN(CCOCc3ccccc3)C2=O)n1. The van der Waals surface area contributed by atoms with Gasteiger partial charge in [-0.3, -0.25) is 14.4 Å². The molecule has 5 rings (SSSR count). The van der Waals surface area contributed by atoms with E-state index in [-0.39, 0.29) is 40.6 Å². The Labute approximate surface area is 253 Å². The summed E-state index contributed by atoms with van der Waals surface area (Å²) in [4.78, 5) is 48.9. The monoisotopic (exact) mass is 628 g/mol. The van der Waals surface area contributed by atoms with Gasteiger partial charge < -0.3 is 29.4 Å². The van der Waals surface area contributed by atoms with Gasteiger partial charge in [0, 0.05) is 44.5 Å². The molecule has 45 heavy (non-hydrogen) atoms.